The third-order valence-corrected chi connectivity index (χ3v) is 4.82. The van der Waals surface area contributed by atoms with Gasteiger partial charge < -0.3 is 19.3 Å². The van der Waals surface area contributed by atoms with Gasteiger partial charge in [-0.25, -0.2) is 4.79 Å². The Morgan fingerprint density at radius 3 is 2.55 bits per heavy atom. The summed E-state index contributed by atoms with van der Waals surface area (Å²) in [6.07, 6.45) is 0. The minimum atomic E-state index is -0.626. The first-order valence-electron chi connectivity index (χ1n) is 10.1. The van der Waals surface area contributed by atoms with Crippen LogP contribution in [0, 0.1) is 6.92 Å². The zero-order valence-corrected chi connectivity index (χ0v) is 18.1. The second-order valence-corrected chi connectivity index (χ2v) is 7.19. The van der Waals surface area contributed by atoms with Gasteiger partial charge in [-0.3, -0.25) is 4.79 Å². The highest BCUT2D eigenvalue weighted by Crippen LogP contribution is 2.21. The second-order valence-electron chi connectivity index (χ2n) is 7.19. The predicted octanol–water partition coefficient (Wildman–Crippen LogP) is 4.66. The van der Waals surface area contributed by atoms with Gasteiger partial charge in [0.1, 0.15) is 5.75 Å². The Hall–Kier alpha value is -4.46. The van der Waals surface area contributed by atoms with Crippen LogP contribution in [0.5, 0.6) is 5.75 Å². The predicted molar refractivity (Wildman–Crippen MR) is 121 cm³/mol. The van der Waals surface area contributed by atoms with Crippen molar-refractivity contribution in [1.29, 1.82) is 0 Å². The lowest BCUT2D eigenvalue weighted by Gasteiger charge is -2.10. The van der Waals surface area contributed by atoms with E-state index in [1.54, 1.807) is 73.8 Å². The number of esters is 1. The van der Waals surface area contributed by atoms with E-state index in [9.17, 15) is 9.59 Å². The number of rotatable bonds is 7. The summed E-state index contributed by atoms with van der Waals surface area (Å²) in [5.74, 6) is 0.286. The van der Waals surface area contributed by atoms with Crippen molar-refractivity contribution >= 4 is 17.6 Å². The van der Waals surface area contributed by atoms with Crippen LogP contribution in [0.15, 0.2) is 77.3 Å². The van der Waals surface area contributed by atoms with Crippen LogP contribution in [0.25, 0.3) is 11.4 Å². The van der Waals surface area contributed by atoms with Gasteiger partial charge in [-0.15, -0.1) is 0 Å². The molecule has 0 bridgehead atoms. The van der Waals surface area contributed by atoms with Gasteiger partial charge >= 0.3 is 5.97 Å². The average Bonchev–Trinajstić information content (AvgIpc) is 3.32. The summed E-state index contributed by atoms with van der Waals surface area (Å²) in [5, 5.41) is 6.68. The number of aromatic nitrogens is 2. The van der Waals surface area contributed by atoms with E-state index in [1.807, 2.05) is 13.0 Å². The van der Waals surface area contributed by atoms with Crippen LogP contribution in [-0.2, 0) is 11.3 Å². The molecule has 1 N–H and O–H groups in total. The molecule has 8 nitrogen and oxygen atoms in total. The number of para-hydroxylation sites is 1. The molecule has 0 aliphatic carbocycles. The summed E-state index contributed by atoms with van der Waals surface area (Å²) in [6.45, 7) is 1.70. The van der Waals surface area contributed by atoms with E-state index in [0.29, 0.717) is 22.8 Å². The Morgan fingerprint density at radius 2 is 1.79 bits per heavy atom. The van der Waals surface area contributed by atoms with E-state index in [4.69, 9.17) is 14.0 Å². The van der Waals surface area contributed by atoms with Crippen LogP contribution in [0.1, 0.15) is 32.2 Å². The van der Waals surface area contributed by atoms with E-state index >= 15 is 0 Å². The Balaban J connectivity index is 1.42. The average molecular weight is 443 g/mol. The summed E-state index contributed by atoms with van der Waals surface area (Å²) >= 11 is 0. The van der Waals surface area contributed by atoms with Crippen LogP contribution in [0.4, 0.5) is 5.69 Å². The van der Waals surface area contributed by atoms with Gasteiger partial charge in [-0.2, -0.15) is 4.98 Å². The minimum Gasteiger partial charge on any atom is -0.497 e. The molecule has 0 atom stereocenters. The second kappa shape index (κ2) is 9.78. The van der Waals surface area contributed by atoms with E-state index in [2.05, 4.69) is 15.5 Å². The molecular formula is C25H21N3O5. The number of benzene rings is 3. The fourth-order valence-corrected chi connectivity index (χ4v) is 3.13. The fraction of sp³-hybridized carbons (Fsp3) is 0.120. The summed E-state index contributed by atoms with van der Waals surface area (Å²) in [5.41, 5.74) is 2.76. The van der Waals surface area contributed by atoms with E-state index in [1.165, 1.54) is 0 Å². The van der Waals surface area contributed by atoms with Gasteiger partial charge in [0.05, 0.1) is 18.4 Å². The molecule has 4 aromatic rings. The number of carbonyl (C=O) groups excluding carboxylic acids is 2. The molecule has 3 aromatic carbocycles. The Labute approximate surface area is 190 Å². The molecule has 0 aliphatic rings. The molecule has 0 saturated carbocycles. The standard InChI is InChI=1S/C25H21N3O5/c1-16-6-5-7-18(14-16)24(29)26-21-9-4-3-8-20(21)25(30)32-15-22-27-23(28-33-22)17-10-12-19(31-2)13-11-17/h3-14H,15H2,1-2H3,(H,26,29). The maximum absolute atomic E-state index is 12.7. The first kappa shape index (κ1) is 21.8. The van der Waals surface area contributed by atoms with Crippen LogP contribution in [0.2, 0.25) is 0 Å². The number of hydrogen-bond donors (Lipinski definition) is 1. The van der Waals surface area contributed by atoms with Crippen LogP contribution in [-0.4, -0.2) is 29.1 Å². The van der Waals surface area contributed by atoms with E-state index in [0.717, 1.165) is 11.1 Å². The van der Waals surface area contributed by atoms with Crippen molar-refractivity contribution in [3.8, 4) is 17.1 Å². The van der Waals surface area contributed by atoms with Crippen molar-refractivity contribution in [3.05, 3.63) is 95.4 Å². The number of amides is 1. The third kappa shape index (κ3) is 5.24. The number of methoxy groups -OCH3 is 1. The van der Waals surface area contributed by atoms with Gasteiger partial charge in [0.25, 0.3) is 11.8 Å². The highest BCUT2D eigenvalue weighted by atomic mass is 16.6. The molecule has 1 aromatic heterocycles. The lowest BCUT2D eigenvalue weighted by molar-refractivity contribution is 0.0431. The largest absolute Gasteiger partial charge is 0.497 e. The maximum atomic E-state index is 12.7. The first-order valence-corrected chi connectivity index (χ1v) is 10.1. The summed E-state index contributed by atoms with van der Waals surface area (Å²) in [4.78, 5) is 29.5. The van der Waals surface area contributed by atoms with Gasteiger partial charge in [-0.1, -0.05) is 35.0 Å². The molecule has 0 spiro atoms. The topological polar surface area (TPSA) is 104 Å². The normalized spacial score (nSPS) is 10.5. The van der Waals surface area contributed by atoms with E-state index < -0.39 is 5.97 Å². The van der Waals surface area contributed by atoms with Crippen molar-refractivity contribution < 1.29 is 23.6 Å². The number of nitrogens with one attached hydrogen (secondary N) is 1. The lowest BCUT2D eigenvalue weighted by atomic mass is 10.1. The maximum Gasteiger partial charge on any atom is 0.340 e. The van der Waals surface area contributed by atoms with Crippen molar-refractivity contribution in [2.75, 3.05) is 12.4 Å². The molecule has 4 rings (SSSR count). The monoisotopic (exact) mass is 443 g/mol. The van der Waals surface area contributed by atoms with Crippen LogP contribution in [0.3, 0.4) is 0 Å². The number of ether oxygens (including phenoxy) is 2. The number of aryl methyl sites for hydroxylation is 1. The Kier molecular flexibility index (Phi) is 6.45. The van der Waals surface area contributed by atoms with Crippen molar-refractivity contribution in [2.45, 2.75) is 13.5 Å². The molecule has 0 fully saturated rings. The zero-order chi connectivity index (χ0) is 23.2. The summed E-state index contributed by atoms with van der Waals surface area (Å²) in [6, 6.07) is 21.0. The summed E-state index contributed by atoms with van der Waals surface area (Å²) in [7, 11) is 1.59. The van der Waals surface area contributed by atoms with Gasteiger partial charge in [0, 0.05) is 11.1 Å². The van der Waals surface area contributed by atoms with Crippen LogP contribution < -0.4 is 10.1 Å². The number of anilines is 1. The molecule has 0 radical (unpaired) electrons. The zero-order valence-electron chi connectivity index (χ0n) is 18.1. The quantitative estimate of drug-likeness (QED) is 0.414. The molecule has 1 heterocycles. The molecule has 0 aliphatic heterocycles. The van der Waals surface area contributed by atoms with Gasteiger partial charge in [-0.05, 0) is 55.5 Å². The van der Waals surface area contributed by atoms with E-state index in [-0.39, 0.29) is 24.0 Å². The van der Waals surface area contributed by atoms with Crippen LogP contribution >= 0.6 is 0 Å². The highest BCUT2D eigenvalue weighted by Gasteiger charge is 2.17. The number of carbonyl (C=O) groups is 2. The molecular weight excluding hydrogens is 422 g/mol. The minimum absolute atomic E-state index is 0.149. The smallest absolute Gasteiger partial charge is 0.340 e. The number of nitrogens with zero attached hydrogens (tertiary/aromatic N) is 2. The van der Waals surface area contributed by atoms with Crippen molar-refractivity contribution in [2.24, 2.45) is 0 Å². The Morgan fingerprint density at radius 1 is 1.00 bits per heavy atom. The molecule has 8 heteroatoms. The molecule has 1 amide bonds. The molecule has 166 valence electrons. The third-order valence-electron chi connectivity index (χ3n) is 4.82. The highest BCUT2D eigenvalue weighted by molar-refractivity contribution is 6.08. The Bertz CT molecular complexity index is 1280. The molecule has 33 heavy (non-hydrogen) atoms. The molecule has 0 unspecified atom stereocenters. The number of hydrogen-bond acceptors (Lipinski definition) is 7. The molecule has 0 saturated heterocycles. The van der Waals surface area contributed by atoms with Crippen molar-refractivity contribution in [3.63, 3.8) is 0 Å². The SMILES string of the molecule is COc1ccc(-c2noc(COC(=O)c3ccccc3NC(=O)c3cccc(C)c3)n2)cc1. The summed E-state index contributed by atoms with van der Waals surface area (Å²) < 4.78 is 15.7. The van der Waals surface area contributed by atoms with Gasteiger partial charge in [0.2, 0.25) is 5.82 Å². The van der Waals surface area contributed by atoms with Gasteiger partial charge in [0.15, 0.2) is 6.61 Å². The first-order chi connectivity index (χ1) is 16.0. The fourth-order valence-electron chi connectivity index (χ4n) is 3.13. The van der Waals surface area contributed by atoms with Crippen molar-refractivity contribution in [1.82, 2.24) is 10.1 Å². The lowest BCUT2D eigenvalue weighted by Crippen LogP contribution is -2.16.